The molecule has 2 aromatic carbocycles. The van der Waals surface area contributed by atoms with Crippen molar-refractivity contribution in [1.82, 2.24) is 5.32 Å². The molecule has 0 saturated heterocycles. The van der Waals surface area contributed by atoms with Crippen molar-refractivity contribution in [1.29, 1.82) is 0 Å². The molecule has 1 unspecified atom stereocenters. The lowest BCUT2D eigenvalue weighted by Crippen LogP contribution is -2.22. The first kappa shape index (κ1) is 15.7. The predicted octanol–water partition coefficient (Wildman–Crippen LogP) is 4.72. The molecule has 0 spiro atoms. The number of benzene rings is 2. The van der Waals surface area contributed by atoms with E-state index in [1.165, 1.54) is 17.2 Å². The topological polar surface area (TPSA) is 12.0 Å². The summed E-state index contributed by atoms with van der Waals surface area (Å²) in [7, 11) is 0. The molecular weight excluding hydrogens is 261 g/mol. The zero-order chi connectivity index (χ0) is 15.2. The lowest BCUT2D eigenvalue weighted by molar-refractivity contribution is 0.602. The second-order valence-corrected chi connectivity index (χ2v) is 5.89. The van der Waals surface area contributed by atoms with Crippen LogP contribution in [-0.4, -0.2) is 6.54 Å². The van der Waals surface area contributed by atoms with Crippen LogP contribution in [0.2, 0.25) is 0 Å². The average Bonchev–Trinajstić information content (AvgIpc) is 2.45. The van der Waals surface area contributed by atoms with Crippen molar-refractivity contribution in [3.63, 3.8) is 0 Å². The number of hydrogen-bond acceptors (Lipinski definition) is 1. The normalized spacial score (nSPS) is 12.6. The first-order valence-corrected chi connectivity index (χ1v) is 7.67. The van der Waals surface area contributed by atoms with Crippen molar-refractivity contribution in [3.8, 4) is 0 Å². The predicted molar refractivity (Wildman–Crippen MR) is 86.9 cm³/mol. The molecule has 0 heterocycles. The van der Waals surface area contributed by atoms with Crippen LogP contribution in [0.1, 0.15) is 43.5 Å². The third-order valence-corrected chi connectivity index (χ3v) is 3.55. The zero-order valence-electron chi connectivity index (χ0n) is 13.1. The molecule has 0 fully saturated rings. The van der Waals surface area contributed by atoms with Crippen LogP contribution in [0.5, 0.6) is 0 Å². The largest absolute Gasteiger partial charge is 0.307 e. The van der Waals surface area contributed by atoms with Gasteiger partial charge in [0.25, 0.3) is 0 Å². The summed E-state index contributed by atoms with van der Waals surface area (Å²) in [6, 6.07) is 15.5. The van der Waals surface area contributed by atoms with Crippen LogP contribution in [0.4, 0.5) is 4.39 Å². The van der Waals surface area contributed by atoms with Gasteiger partial charge < -0.3 is 5.32 Å². The summed E-state index contributed by atoms with van der Waals surface area (Å²) in [6.07, 6.45) is 1.09. The third-order valence-electron chi connectivity index (χ3n) is 3.55. The van der Waals surface area contributed by atoms with Crippen LogP contribution in [0, 0.1) is 11.7 Å². The summed E-state index contributed by atoms with van der Waals surface area (Å²) < 4.78 is 13.5. The second-order valence-electron chi connectivity index (χ2n) is 5.89. The van der Waals surface area contributed by atoms with Crippen molar-refractivity contribution < 1.29 is 4.39 Å². The zero-order valence-corrected chi connectivity index (χ0v) is 13.1. The van der Waals surface area contributed by atoms with E-state index in [1.54, 1.807) is 12.1 Å². The fraction of sp³-hybridized carbons (Fsp3) is 0.368. The van der Waals surface area contributed by atoms with Gasteiger partial charge >= 0.3 is 0 Å². The smallest absolute Gasteiger partial charge is 0.123 e. The molecule has 1 N–H and O–H groups in total. The molecule has 112 valence electrons. The van der Waals surface area contributed by atoms with E-state index >= 15 is 0 Å². The summed E-state index contributed by atoms with van der Waals surface area (Å²) in [5.74, 6) is 0.468. The Balaban J connectivity index is 2.26. The Bertz CT molecular complexity index is 560. The molecule has 1 nitrogen and oxygen atoms in total. The van der Waals surface area contributed by atoms with E-state index in [-0.39, 0.29) is 11.9 Å². The molecule has 2 rings (SSSR count). The minimum absolute atomic E-state index is 0.0406. The molecule has 0 saturated carbocycles. The average molecular weight is 285 g/mol. The minimum atomic E-state index is -0.188. The van der Waals surface area contributed by atoms with Gasteiger partial charge in [-0.2, -0.15) is 0 Å². The fourth-order valence-electron chi connectivity index (χ4n) is 2.64. The molecular formula is C19H24FN. The maximum atomic E-state index is 13.5. The van der Waals surface area contributed by atoms with Gasteiger partial charge in [-0.1, -0.05) is 57.2 Å². The lowest BCUT2D eigenvalue weighted by atomic mass is 9.95. The van der Waals surface area contributed by atoms with E-state index in [9.17, 15) is 4.39 Å². The Morgan fingerprint density at radius 1 is 1.00 bits per heavy atom. The van der Waals surface area contributed by atoms with Gasteiger partial charge in [0.15, 0.2) is 0 Å². The first-order valence-electron chi connectivity index (χ1n) is 7.67. The highest BCUT2D eigenvalue weighted by molar-refractivity contribution is 5.34. The Morgan fingerprint density at radius 2 is 1.71 bits per heavy atom. The van der Waals surface area contributed by atoms with Crippen LogP contribution in [0.15, 0.2) is 48.5 Å². The van der Waals surface area contributed by atoms with Crippen molar-refractivity contribution >= 4 is 0 Å². The van der Waals surface area contributed by atoms with Crippen molar-refractivity contribution in [3.05, 3.63) is 71.0 Å². The van der Waals surface area contributed by atoms with E-state index in [4.69, 9.17) is 0 Å². The molecule has 0 aromatic heterocycles. The van der Waals surface area contributed by atoms with Gasteiger partial charge in [0.2, 0.25) is 0 Å². The highest BCUT2D eigenvalue weighted by Crippen LogP contribution is 2.23. The maximum absolute atomic E-state index is 13.5. The van der Waals surface area contributed by atoms with Crippen molar-refractivity contribution in [2.75, 3.05) is 6.54 Å². The molecule has 1 atom stereocenters. The van der Waals surface area contributed by atoms with E-state index in [1.807, 2.05) is 6.07 Å². The van der Waals surface area contributed by atoms with Crippen molar-refractivity contribution in [2.45, 2.75) is 33.2 Å². The summed E-state index contributed by atoms with van der Waals surface area (Å²) in [5.41, 5.74) is 3.49. The van der Waals surface area contributed by atoms with E-state index in [0.29, 0.717) is 5.92 Å². The molecule has 2 heteroatoms. The van der Waals surface area contributed by atoms with E-state index in [2.05, 4.69) is 50.4 Å². The van der Waals surface area contributed by atoms with Crippen LogP contribution in [0.3, 0.4) is 0 Å². The molecule has 0 bridgehead atoms. The number of rotatable bonds is 6. The Kier molecular flexibility index (Phi) is 5.51. The summed E-state index contributed by atoms with van der Waals surface area (Å²) >= 11 is 0. The minimum Gasteiger partial charge on any atom is -0.307 e. The highest BCUT2D eigenvalue weighted by Gasteiger charge is 2.13. The first-order chi connectivity index (χ1) is 10.1. The molecule has 0 radical (unpaired) electrons. The number of halogens is 1. The molecule has 21 heavy (non-hydrogen) atoms. The fourth-order valence-corrected chi connectivity index (χ4v) is 2.64. The lowest BCUT2D eigenvalue weighted by Gasteiger charge is -2.19. The van der Waals surface area contributed by atoms with Crippen LogP contribution < -0.4 is 5.32 Å². The van der Waals surface area contributed by atoms with Gasteiger partial charge in [0, 0.05) is 0 Å². The van der Waals surface area contributed by atoms with Gasteiger partial charge in [-0.05, 0) is 47.7 Å². The van der Waals surface area contributed by atoms with Gasteiger partial charge in [0.1, 0.15) is 5.82 Å². The quantitative estimate of drug-likeness (QED) is 0.809. The Labute approximate surface area is 127 Å². The Morgan fingerprint density at radius 3 is 2.29 bits per heavy atom. The maximum Gasteiger partial charge on any atom is 0.123 e. The van der Waals surface area contributed by atoms with Gasteiger partial charge in [-0.3, -0.25) is 0 Å². The van der Waals surface area contributed by atoms with Crippen molar-refractivity contribution in [2.24, 2.45) is 5.92 Å². The number of hydrogen-bond donors (Lipinski definition) is 1. The van der Waals surface area contributed by atoms with Gasteiger partial charge in [-0.15, -0.1) is 0 Å². The molecule has 0 aliphatic rings. The van der Waals surface area contributed by atoms with E-state index in [0.717, 1.165) is 18.5 Å². The molecule has 2 aromatic rings. The molecule has 0 aliphatic carbocycles. The highest BCUT2D eigenvalue weighted by atomic mass is 19.1. The summed E-state index contributed by atoms with van der Waals surface area (Å²) in [6.45, 7) is 7.36. The summed E-state index contributed by atoms with van der Waals surface area (Å²) in [4.78, 5) is 0. The second kappa shape index (κ2) is 7.37. The monoisotopic (exact) mass is 285 g/mol. The SMILES string of the molecule is CCNC(c1ccc(CC(C)C)cc1)c1cccc(F)c1. The van der Waals surface area contributed by atoms with Gasteiger partial charge in [-0.25, -0.2) is 4.39 Å². The Hall–Kier alpha value is -1.67. The molecule has 0 amide bonds. The molecule has 0 aliphatic heterocycles. The van der Waals surface area contributed by atoms with Gasteiger partial charge in [0.05, 0.1) is 6.04 Å². The van der Waals surface area contributed by atoms with Crippen LogP contribution in [0.25, 0.3) is 0 Å². The van der Waals surface area contributed by atoms with Crippen LogP contribution in [-0.2, 0) is 6.42 Å². The summed E-state index contributed by atoms with van der Waals surface area (Å²) in [5, 5.41) is 3.44. The van der Waals surface area contributed by atoms with Crippen LogP contribution >= 0.6 is 0 Å². The van der Waals surface area contributed by atoms with E-state index < -0.39 is 0 Å². The third kappa shape index (κ3) is 4.40. The standard InChI is InChI=1S/C19H24FN/c1-4-21-19(17-6-5-7-18(20)13-17)16-10-8-15(9-11-16)12-14(2)3/h5-11,13-14,19,21H,4,12H2,1-3H3. The number of nitrogens with one attached hydrogen (secondary N) is 1.